The van der Waals surface area contributed by atoms with Crippen LogP contribution in [0.3, 0.4) is 0 Å². The molecule has 13 heavy (non-hydrogen) atoms. The van der Waals surface area contributed by atoms with Crippen LogP contribution in [0.5, 0.6) is 0 Å². The van der Waals surface area contributed by atoms with Gasteiger partial charge in [-0.1, -0.05) is 0 Å². The zero-order valence-electron chi connectivity index (χ0n) is 6.34. The van der Waals surface area contributed by atoms with Crippen molar-refractivity contribution in [2.45, 2.75) is 0 Å². The second-order valence-corrected chi connectivity index (χ2v) is 2.47. The van der Waals surface area contributed by atoms with Crippen molar-refractivity contribution in [3.05, 3.63) is 32.6 Å². The van der Waals surface area contributed by atoms with Crippen LogP contribution in [0.2, 0.25) is 0 Å². The van der Waals surface area contributed by atoms with E-state index < -0.39 is 11.2 Å². The molecular weight excluding hydrogens is 172 g/mol. The smallest absolute Gasteiger partial charge is 0.327 e. The maximum absolute atomic E-state index is 11.2. The fraction of sp³-hybridized carbons (Fsp3) is 0. The molecule has 0 bridgehead atoms. The predicted molar refractivity (Wildman–Crippen MR) is 44.3 cm³/mol. The minimum absolute atomic E-state index is 0.183. The largest absolute Gasteiger partial charge is 0.346 e. The minimum atomic E-state index is -0.594. The molecule has 0 radical (unpaired) electrons. The number of nitrogens with zero attached hydrogens (tertiary/aromatic N) is 1. The summed E-state index contributed by atoms with van der Waals surface area (Å²) in [6.45, 7) is 0. The lowest BCUT2D eigenvalue weighted by molar-refractivity contribution is 1.07. The number of nitriles is 1. The maximum Gasteiger partial charge on any atom is 0.327 e. The van der Waals surface area contributed by atoms with E-state index in [1.165, 1.54) is 6.20 Å². The number of H-pyrrole nitrogens is 3. The third-order valence-corrected chi connectivity index (χ3v) is 1.69. The molecule has 3 N–H and O–H groups in total. The van der Waals surface area contributed by atoms with Crippen LogP contribution in [0.25, 0.3) is 11.0 Å². The van der Waals surface area contributed by atoms with Crippen LogP contribution >= 0.6 is 0 Å². The molecular formula is C7H4N4O2. The first-order valence-electron chi connectivity index (χ1n) is 3.46. The van der Waals surface area contributed by atoms with Crippen LogP contribution < -0.4 is 11.2 Å². The third-order valence-electron chi connectivity index (χ3n) is 1.69. The zero-order chi connectivity index (χ0) is 9.42. The molecule has 0 unspecified atom stereocenters. The van der Waals surface area contributed by atoms with Crippen molar-refractivity contribution in [2.24, 2.45) is 0 Å². The molecule has 2 aromatic rings. The van der Waals surface area contributed by atoms with Crippen molar-refractivity contribution in [3.8, 4) is 6.07 Å². The first kappa shape index (κ1) is 7.36. The number of nitrogens with one attached hydrogen (secondary N) is 3. The van der Waals surface area contributed by atoms with E-state index in [0.717, 1.165) is 0 Å². The summed E-state index contributed by atoms with van der Waals surface area (Å²) in [7, 11) is 0. The van der Waals surface area contributed by atoms with Crippen molar-refractivity contribution in [3.63, 3.8) is 0 Å². The Hall–Kier alpha value is -2.29. The summed E-state index contributed by atoms with van der Waals surface area (Å²) in [5.41, 5.74) is -0.668. The van der Waals surface area contributed by atoms with Crippen molar-refractivity contribution < 1.29 is 0 Å². The molecule has 0 aromatic carbocycles. The fourth-order valence-electron chi connectivity index (χ4n) is 1.16. The van der Waals surface area contributed by atoms with Gasteiger partial charge >= 0.3 is 5.69 Å². The van der Waals surface area contributed by atoms with Crippen LogP contribution in [0.1, 0.15) is 5.56 Å². The van der Waals surface area contributed by atoms with Gasteiger partial charge < -0.3 is 4.98 Å². The predicted octanol–water partition coefficient (Wildman–Crippen LogP) is -0.584. The summed E-state index contributed by atoms with van der Waals surface area (Å²) in [5, 5.41) is 8.79. The highest BCUT2D eigenvalue weighted by atomic mass is 16.2. The van der Waals surface area contributed by atoms with E-state index in [0.29, 0.717) is 0 Å². The van der Waals surface area contributed by atoms with Crippen LogP contribution in [0.15, 0.2) is 15.8 Å². The van der Waals surface area contributed by atoms with E-state index in [2.05, 4.69) is 9.97 Å². The number of aromatic nitrogens is 3. The van der Waals surface area contributed by atoms with Crippen molar-refractivity contribution in [2.75, 3.05) is 0 Å². The van der Waals surface area contributed by atoms with Gasteiger partial charge in [0, 0.05) is 6.20 Å². The molecule has 0 fully saturated rings. The summed E-state index contributed by atoms with van der Waals surface area (Å²) in [5.74, 6) is 0. The first-order chi connectivity index (χ1) is 6.22. The Balaban J connectivity index is 3.10. The lowest BCUT2D eigenvalue weighted by Gasteiger charge is -1.86. The highest BCUT2D eigenvalue weighted by Crippen LogP contribution is 2.07. The number of fused-ring (bicyclic) bond motifs is 1. The van der Waals surface area contributed by atoms with Gasteiger partial charge in [0.15, 0.2) is 0 Å². The van der Waals surface area contributed by atoms with Gasteiger partial charge in [0.2, 0.25) is 0 Å². The topological polar surface area (TPSA) is 105 Å². The van der Waals surface area contributed by atoms with Gasteiger partial charge in [0.05, 0.1) is 10.9 Å². The highest BCUT2D eigenvalue weighted by molar-refractivity contribution is 5.81. The van der Waals surface area contributed by atoms with E-state index in [1.54, 1.807) is 0 Å². The molecule has 0 atom stereocenters. The molecule has 0 spiro atoms. The Bertz CT molecular complexity index is 610. The lowest BCUT2D eigenvalue weighted by Crippen LogP contribution is -2.21. The molecule has 64 valence electrons. The molecule has 2 aromatic heterocycles. The summed E-state index contributed by atoms with van der Waals surface area (Å²) in [6, 6.07) is 1.84. The van der Waals surface area contributed by atoms with Gasteiger partial charge in [0.25, 0.3) is 5.56 Å². The molecule has 2 rings (SSSR count). The average Bonchev–Trinajstić information content (AvgIpc) is 2.47. The van der Waals surface area contributed by atoms with Crippen LogP contribution in [-0.2, 0) is 0 Å². The molecule has 0 amide bonds. The molecule has 0 aliphatic heterocycles. The molecule has 6 heteroatoms. The number of aromatic amines is 3. The van der Waals surface area contributed by atoms with Crippen molar-refractivity contribution >= 4 is 11.0 Å². The van der Waals surface area contributed by atoms with E-state index in [9.17, 15) is 9.59 Å². The summed E-state index contributed by atoms with van der Waals surface area (Å²) < 4.78 is 0. The van der Waals surface area contributed by atoms with Crippen molar-refractivity contribution in [1.29, 1.82) is 5.26 Å². The third kappa shape index (κ3) is 0.945. The van der Waals surface area contributed by atoms with Crippen LogP contribution in [0, 0.1) is 11.3 Å². The lowest BCUT2D eigenvalue weighted by atomic mass is 10.3. The number of rotatable bonds is 0. The number of hydrogen-bond acceptors (Lipinski definition) is 3. The zero-order valence-corrected chi connectivity index (χ0v) is 6.34. The summed E-state index contributed by atoms with van der Waals surface area (Å²) in [6.07, 6.45) is 1.37. The highest BCUT2D eigenvalue weighted by Gasteiger charge is 2.07. The Morgan fingerprint density at radius 2 is 2.08 bits per heavy atom. The van der Waals surface area contributed by atoms with E-state index in [-0.39, 0.29) is 16.6 Å². The Morgan fingerprint density at radius 1 is 1.31 bits per heavy atom. The Labute approximate surface area is 70.8 Å². The Kier molecular flexibility index (Phi) is 1.33. The molecule has 0 aliphatic rings. The second-order valence-electron chi connectivity index (χ2n) is 2.47. The van der Waals surface area contributed by atoms with E-state index in [4.69, 9.17) is 5.26 Å². The van der Waals surface area contributed by atoms with Gasteiger partial charge in [-0.05, 0) is 0 Å². The van der Waals surface area contributed by atoms with Gasteiger partial charge in [0.1, 0.15) is 11.7 Å². The molecule has 0 aliphatic carbocycles. The van der Waals surface area contributed by atoms with Gasteiger partial charge in [-0.15, -0.1) is 0 Å². The summed E-state index contributed by atoms with van der Waals surface area (Å²) >= 11 is 0. The quantitative estimate of drug-likeness (QED) is 0.499. The van der Waals surface area contributed by atoms with Gasteiger partial charge in [-0.2, -0.15) is 5.26 Å². The molecule has 0 saturated carbocycles. The van der Waals surface area contributed by atoms with Crippen LogP contribution in [-0.4, -0.2) is 15.0 Å². The van der Waals surface area contributed by atoms with Crippen LogP contribution in [0.4, 0.5) is 0 Å². The normalized spacial score (nSPS) is 10.1. The first-order valence-corrected chi connectivity index (χ1v) is 3.46. The average molecular weight is 176 g/mol. The van der Waals surface area contributed by atoms with Crippen molar-refractivity contribution in [1.82, 2.24) is 15.0 Å². The molecule has 6 nitrogen and oxygen atoms in total. The SMILES string of the molecule is N#Cc1c[nH]c2[nH]c(=O)[nH]c(=O)c12. The minimum Gasteiger partial charge on any atom is -0.346 e. The summed E-state index contributed by atoms with van der Waals surface area (Å²) in [4.78, 5) is 29.0. The number of hydrogen-bond donors (Lipinski definition) is 3. The maximum atomic E-state index is 11.2. The molecule has 0 saturated heterocycles. The van der Waals surface area contributed by atoms with Gasteiger partial charge in [-0.3, -0.25) is 14.8 Å². The van der Waals surface area contributed by atoms with Gasteiger partial charge in [-0.25, -0.2) is 4.79 Å². The fourth-order valence-corrected chi connectivity index (χ4v) is 1.16. The van der Waals surface area contributed by atoms with E-state index in [1.807, 2.05) is 11.1 Å². The monoisotopic (exact) mass is 176 g/mol. The van der Waals surface area contributed by atoms with E-state index >= 15 is 0 Å². The molecule has 2 heterocycles. The Morgan fingerprint density at radius 3 is 2.77 bits per heavy atom. The second kappa shape index (κ2) is 2.35. The standard InChI is InChI=1S/C7H4N4O2/c8-1-3-2-9-5-4(3)6(12)11-7(13)10-5/h2H,(H3,9,10,11,12,13).